The minimum Gasteiger partial charge on any atom is -0.310 e. The van der Waals surface area contributed by atoms with Crippen LogP contribution in [-0.2, 0) is 0 Å². The standard InChI is InChI=1S/C48H32N2/c1-4-15-33(16-5-1)44-31-34-17-10-11-22-38(34)48-42-24-14-26-45(41(42)29-30-43(44)48)49(35-18-6-2-7-19-35)37-27-28-40-39-23-12-13-25-46(39)50(47(40)32-37)36-20-8-3-9-21-36/h1-32H. The first-order valence-corrected chi connectivity index (χ1v) is 17.2. The van der Waals surface area contributed by atoms with Gasteiger partial charge < -0.3 is 9.47 Å². The summed E-state index contributed by atoms with van der Waals surface area (Å²) in [5.41, 5.74) is 9.39. The number of para-hydroxylation sites is 3. The molecule has 0 aliphatic heterocycles. The Bertz CT molecular complexity index is 2850. The highest BCUT2D eigenvalue weighted by Crippen LogP contribution is 2.45. The molecule has 0 atom stereocenters. The predicted molar refractivity (Wildman–Crippen MR) is 213 cm³/mol. The highest BCUT2D eigenvalue weighted by molar-refractivity contribution is 6.25. The molecule has 0 fully saturated rings. The van der Waals surface area contributed by atoms with Gasteiger partial charge in [-0.25, -0.2) is 0 Å². The van der Waals surface area contributed by atoms with Crippen molar-refractivity contribution in [1.29, 1.82) is 0 Å². The number of hydrogen-bond donors (Lipinski definition) is 0. The molecule has 0 saturated carbocycles. The second-order valence-electron chi connectivity index (χ2n) is 12.9. The van der Waals surface area contributed by atoms with Gasteiger partial charge in [0.1, 0.15) is 0 Å². The van der Waals surface area contributed by atoms with E-state index in [0.29, 0.717) is 0 Å². The molecule has 2 nitrogen and oxygen atoms in total. The lowest BCUT2D eigenvalue weighted by molar-refractivity contribution is 1.18. The lowest BCUT2D eigenvalue weighted by atomic mass is 9.90. The van der Waals surface area contributed by atoms with Crippen LogP contribution >= 0.6 is 0 Å². The molecule has 0 radical (unpaired) electrons. The molecule has 0 aliphatic rings. The molecular weight excluding hydrogens is 605 g/mol. The summed E-state index contributed by atoms with van der Waals surface area (Å²) < 4.78 is 2.39. The first-order valence-electron chi connectivity index (χ1n) is 17.2. The van der Waals surface area contributed by atoms with Crippen molar-refractivity contribution < 1.29 is 0 Å². The number of aromatic nitrogens is 1. The maximum Gasteiger partial charge on any atom is 0.0561 e. The van der Waals surface area contributed by atoms with Gasteiger partial charge in [-0.05, 0) is 92.7 Å². The zero-order valence-electron chi connectivity index (χ0n) is 27.4. The Morgan fingerprint density at radius 2 is 0.980 bits per heavy atom. The second-order valence-corrected chi connectivity index (χ2v) is 12.9. The lowest BCUT2D eigenvalue weighted by Crippen LogP contribution is -2.10. The van der Waals surface area contributed by atoms with Crippen LogP contribution in [0.1, 0.15) is 0 Å². The van der Waals surface area contributed by atoms with Crippen LogP contribution in [0.25, 0.3) is 70.9 Å². The van der Waals surface area contributed by atoms with E-state index in [-0.39, 0.29) is 0 Å². The topological polar surface area (TPSA) is 8.17 Å². The van der Waals surface area contributed by atoms with Crippen LogP contribution in [0.2, 0.25) is 0 Å². The summed E-state index contributed by atoms with van der Waals surface area (Å²) in [7, 11) is 0. The van der Waals surface area contributed by atoms with E-state index in [2.05, 4.69) is 204 Å². The number of anilines is 3. The molecule has 10 aromatic rings. The van der Waals surface area contributed by atoms with Crippen LogP contribution in [0.5, 0.6) is 0 Å². The van der Waals surface area contributed by atoms with Crippen molar-refractivity contribution in [3.63, 3.8) is 0 Å². The SMILES string of the molecule is c1ccc(-c2cc3ccccc3c3c2ccc2c(N(c4ccccc4)c4ccc5c6ccccc6n(-c6ccccc6)c5c4)cccc23)cc1. The van der Waals surface area contributed by atoms with Crippen molar-refractivity contribution in [3.05, 3.63) is 194 Å². The van der Waals surface area contributed by atoms with Crippen LogP contribution < -0.4 is 4.90 Å². The zero-order chi connectivity index (χ0) is 33.0. The van der Waals surface area contributed by atoms with Crippen molar-refractivity contribution >= 4 is 71.2 Å². The maximum absolute atomic E-state index is 2.42. The van der Waals surface area contributed by atoms with E-state index >= 15 is 0 Å². The number of fused-ring (bicyclic) bond motifs is 8. The van der Waals surface area contributed by atoms with Gasteiger partial charge >= 0.3 is 0 Å². The normalized spacial score (nSPS) is 11.6. The first kappa shape index (κ1) is 28.4. The smallest absolute Gasteiger partial charge is 0.0561 e. The molecule has 9 aromatic carbocycles. The zero-order valence-corrected chi connectivity index (χ0v) is 27.4. The van der Waals surface area contributed by atoms with Crippen LogP contribution in [-0.4, -0.2) is 4.57 Å². The third-order valence-corrected chi connectivity index (χ3v) is 10.1. The molecule has 0 N–H and O–H groups in total. The van der Waals surface area contributed by atoms with Crippen LogP contribution in [0.15, 0.2) is 194 Å². The fourth-order valence-electron chi connectivity index (χ4n) is 7.95. The molecule has 0 unspecified atom stereocenters. The Labute approximate surface area is 290 Å². The molecule has 1 heterocycles. The third kappa shape index (κ3) is 4.43. The Balaban J connectivity index is 1.27. The number of hydrogen-bond acceptors (Lipinski definition) is 1. The number of rotatable bonds is 5. The lowest BCUT2D eigenvalue weighted by Gasteiger charge is -2.27. The van der Waals surface area contributed by atoms with E-state index in [1.54, 1.807) is 0 Å². The molecule has 234 valence electrons. The van der Waals surface area contributed by atoms with Gasteiger partial charge in [-0.15, -0.1) is 0 Å². The molecule has 0 spiro atoms. The average molecular weight is 637 g/mol. The van der Waals surface area contributed by atoms with Crippen molar-refractivity contribution in [1.82, 2.24) is 4.57 Å². The molecule has 0 saturated heterocycles. The van der Waals surface area contributed by atoms with Crippen molar-refractivity contribution in [2.24, 2.45) is 0 Å². The van der Waals surface area contributed by atoms with E-state index in [0.717, 1.165) is 22.7 Å². The van der Waals surface area contributed by atoms with E-state index < -0.39 is 0 Å². The fraction of sp³-hybridized carbons (Fsp3) is 0. The van der Waals surface area contributed by atoms with Crippen LogP contribution in [0.3, 0.4) is 0 Å². The second kappa shape index (κ2) is 11.5. The summed E-state index contributed by atoms with van der Waals surface area (Å²) in [4.78, 5) is 2.42. The highest BCUT2D eigenvalue weighted by atomic mass is 15.1. The maximum atomic E-state index is 2.42. The summed E-state index contributed by atoms with van der Waals surface area (Å²) in [6.45, 7) is 0. The fourth-order valence-corrected chi connectivity index (χ4v) is 7.95. The molecule has 50 heavy (non-hydrogen) atoms. The van der Waals surface area contributed by atoms with Gasteiger partial charge in [-0.1, -0.05) is 140 Å². The first-order chi connectivity index (χ1) is 24.8. The van der Waals surface area contributed by atoms with Gasteiger partial charge in [0.15, 0.2) is 0 Å². The minimum absolute atomic E-state index is 1.11. The van der Waals surface area contributed by atoms with Gasteiger partial charge in [-0.3, -0.25) is 0 Å². The molecule has 2 heteroatoms. The Morgan fingerprint density at radius 1 is 0.360 bits per heavy atom. The highest BCUT2D eigenvalue weighted by Gasteiger charge is 2.20. The van der Waals surface area contributed by atoms with Crippen molar-refractivity contribution in [2.75, 3.05) is 4.90 Å². The van der Waals surface area contributed by atoms with Crippen molar-refractivity contribution in [2.45, 2.75) is 0 Å². The summed E-state index contributed by atoms with van der Waals surface area (Å²) in [6.07, 6.45) is 0. The largest absolute Gasteiger partial charge is 0.310 e. The predicted octanol–water partition coefficient (Wildman–Crippen LogP) is 13.4. The summed E-state index contributed by atoms with van der Waals surface area (Å²) in [5.74, 6) is 0. The van der Waals surface area contributed by atoms with E-state index in [4.69, 9.17) is 0 Å². The van der Waals surface area contributed by atoms with Gasteiger partial charge in [0.2, 0.25) is 0 Å². The van der Waals surface area contributed by atoms with Crippen LogP contribution in [0, 0.1) is 0 Å². The molecule has 0 aliphatic carbocycles. The quantitative estimate of drug-likeness (QED) is 0.171. The molecule has 10 rings (SSSR count). The monoisotopic (exact) mass is 636 g/mol. The van der Waals surface area contributed by atoms with Crippen molar-refractivity contribution in [3.8, 4) is 16.8 Å². The van der Waals surface area contributed by atoms with E-state index in [1.165, 1.54) is 65.3 Å². The Morgan fingerprint density at radius 3 is 1.80 bits per heavy atom. The summed E-state index contributed by atoms with van der Waals surface area (Å²) >= 11 is 0. The van der Waals surface area contributed by atoms with E-state index in [1.807, 2.05) is 0 Å². The van der Waals surface area contributed by atoms with Gasteiger partial charge in [0.05, 0.1) is 16.7 Å². The molecular formula is C48H32N2. The van der Waals surface area contributed by atoms with Crippen LogP contribution in [0.4, 0.5) is 17.1 Å². The van der Waals surface area contributed by atoms with Gasteiger partial charge in [0.25, 0.3) is 0 Å². The molecule has 1 aromatic heterocycles. The number of benzene rings is 9. The summed E-state index contributed by atoms with van der Waals surface area (Å²) in [6, 6.07) is 70.4. The van der Waals surface area contributed by atoms with E-state index in [9.17, 15) is 0 Å². The van der Waals surface area contributed by atoms with Gasteiger partial charge in [0, 0.05) is 33.2 Å². The Kier molecular flexibility index (Phi) is 6.53. The Hall–Kier alpha value is -6.64. The van der Waals surface area contributed by atoms with Gasteiger partial charge in [-0.2, -0.15) is 0 Å². The third-order valence-electron chi connectivity index (χ3n) is 10.1. The summed E-state index contributed by atoms with van der Waals surface area (Å²) in [5, 5.41) is 10.0. The minimum atomic E-state index is 1.11. The molecule has 0 amide bonds. The molecule has 0 bridgehead atoms. The average Bonchev–Trinajstić information content (AvgIpc) is 3.52. The number of nitrogens with zero attached hydrogens (tertiary/aromatic N) is 2.